The lowest BCUT2D eigenvalue weighted by Gasteiger charge is -2.08. The van der Waals surface area contributed by atoms with Crippen LogP contribution in [0.3, 0.4) is 0 Å². The van der Waals surface area contributed by atoms with Crippen LogP contribution >= 0.6 is 0 Å². The summed E-state index contributed by atoms with van der Waals surface area (Å²) >= 11 is 0. The van der Waals surface area contributed by atoms with E-state index in [9.17, 15) is 0 Å². The summed E-state index contributed by atoms with van der Waals surface area (Å²) in [5.74, 6) is 0.713. The van der Waals surface area contributed by atoms with E-state index < -0.39 is 7.12 Å². The zero-order valence-electron chi connectivity index (χ0n) is 11.4. The third kappa shape index (κ3) is 3.98. The van der Waals surface area contributed by atoms with Crippen molar-refractivity contribution in [2.24, 2.45) is 0 Å². The highest BCUT2D eigenvalue weighted by molar-refractivity contribution is 6.59. The van der Waals surface area contributed by atoms with Crippen LogP contribution in [0.5, 0.6) is 5.75 Å². The molecule has 2 aromatic carbocycles. The summed E-state index contributed by atoms with van der Waals surface area (Å²) in [6, 6.07) is 15.2. The highest BCUT2D eigenvalue weighted by atomic mass is 16.5. The topological polar surface area (TPSA) is 49.7 Å². The summed E-state index contributed by atoms with van der Waals surface area (Å²) in [7, 11) is -1.44. The molecule has 0 aromatic heterocycles. The van der Waals surface area contributed by atoms with Gasteiger partial charge in [-0.15, -0.1) is 0 Å². The van der Waals surface area contributed by atoms with Gasteiger partial charge in [0, 0.05) is 0 Å². The van der Waals surface area contributed by atoms with E-state index in [2.05, 4.69) is 0 Å². The number of benzene rings is 2. The Balaban J connectivity index is 1.92. The largest absolute Gasteiger partial charge is 0.490 e. The minimum atomic E-state index is -1.44. The SMILES string of the molecule is Cc1cc(OC/C=C/c2ccccc2)ccc1B(O)O. The molecule has 0 fully saturated rings. The van der Waals surface area contributed by atoms with Crippen molar-refractivity contribution in [1.29, 1.82) is 0 Å². The van der Waals surface area contributed by atoms with Crippen molar-refractivity contribution in [2.45, 2.75) is 6.92 Å². The fourth-order valence-electron chi connectivity index (χ4n) is 1.92. The molecular weight excluding hydrogens is 251 g/mol. The fraction of sp³-hybridized carbons (Fsp3) is 0.125. The average Bonchev–Trinajstić information content (AvgIpc) is 2.44. The third-order valence-electron chi connectivity index (χ3n) is 2.98. The molecule has 3 nitrogen and oxygen atoms in total. The van der Waals surface area contributed by atoms with E-state index in [-0.39, 0.29) is 0 Å². The van der Waals surface area contributed by atoms with E-state index in [0.29, 0.717) is 17.8 Å². The minimum absolute atomic E-state index is 0.468. The molecule has 0 heterocycles. The Labute approximate surface area is 119 Å². The number of hydrogen-bond acceptors (Lipinski definition) is 3. The molecular formula is C16H17BO3. The van der Waals surface area contributed by atoms with Crippen LogP contribution in [0.25, 0.3) is 6.08 Å². The molecule has 20 heavy (non-hydrogen) atoms. The first-order chi connectivity index (χ1) is 9.66. The van der Waals surface area contributed by atoms with Gasteiger partial charge in [-0.3, -0.25) is 0 Å². The second kappa shape index (κ2) is 6.94. The smallest absolute Gasteiger partial charge is 0.488 e. The van der Waals surface area contributed by atoms with Gasteiger partial charge in [0.15, 0.2) is 0 Å². The van der Waals surface area contributed by atoms with Crippen molar-refractivity contribution in [2.75, 3.05) is 6.61 Å². The molecule has 0 saturated heterocycles. The van der Waals surface area contributed by atoms with Gasteiger partial charge < -0.3 is 14.8 Å². The normalized spacial score (nSPS) is 10.8. The van der Waals surface area contributed by atoms with Gasteiger partial charge in [-0.1, -0.05) is 42.5 Å². The summed E-state index contributed by atoms with van der Waals surface area (Å²) in [6.07, 6.45) is 3.94. The van der Waals surface area contributed by atoms with Crippen molar-refractivity contribution < 1.29 is 14.8 Å². The molecule has 2 N–H and O–H groups in total. The van der Waals surface area contributed by atoms with Crippen LogP contribution in [0, 0.1) is 6.92 Å². The van der Waals surface area contributed by atoms with Crippen molar-refractivity contribution in [3.63, 3.8) is 0 Å². The van der Waals surface area contributed by atoms with E-state index >= 15 is 0 Å². The van der Waals surface area contributed by atoms with Gasteiger partial charge >= 0.3 is 7.12 Å². The van der Waals surface area contributed by atoms with Crippen LogP contribution in [-0.4, -0.2) is 23.8 Å². The van der Waals surface area contributed by atoms with Gasteiger partial charge in [-0.25, -0.2) is 0 Å². The van der Waals surface area contributed by atoms with Crippen LogP contribution in [0.1, 0.15) is 11.1 Å². The zero-order chi connectivity index (χ0) is 14.4. The zero-order valence-corrected chi connectivity index (χ0v) is 11.4. The summed E-state index contributed by atoms with van der Waals surface area (Å²) in [5.41, 5.74) is 2.42. The highest BCUT2D eigenvalue weighted by Gasteiger charge is 2.13. The molecule has 0 unspecified atom stereocenters. The molecule has 0 aliphatic rings. The van der Waals surface area contributed by atoms with Crippen molar-refractivity contribution in [1.82, 2.24) is 0 Å². The van der Waals surface area contributed by atoms with Crippen molar-refractivity contribution in [3.05, 3.63) is 65.7 Å². The van der Waals surface area contributed by atoms with E-state index in [1.807, 2.05) is 49.4 Å². The van der Waals surface area contributed by atoms with Crippen LogP contribution in [0.15, 0.2) is 54.6 Å². The predicted octanol–water partition coefficient (Wildman–Crippen LogP) is 1.77. The molecule has 0 radical (unpaired) electrons. The maximum absolute atomic E-state index is 9.14. The number of hydrogen-bond donors (Lipinski definition) is 2. The Morgan fingerprint density at radius 3 is 2.50 bits per heavy atom. The van der Waals surface area contributed by atoms with Crippen LogP contribution in [0.4, 0.5) is 0 Å². The summed E-state index contributed by atoms with van der Waals surface area (Å²) in [4.78, 5) is 0. The lowest BCUT2D eigenvalue weighted by molar-refractivity contribution is 0.363. The molecule has 0 atom stereocenters. The first kappa shape index (κ1) is 14.4. The van der Waals surface area contributed by atoms with Crippen molar-refractivity contribution in [3.8, 4) is 5.75 Å². The van der Waals surface area contributed by atoms with Gasteiger partial charge in [0.05, 0.1) is 0 Å². The fourth-order valence-corrected chi connectivity index (χ4v) is 1.92. The van der Waals surface area contributed by atoms with Crippen molar-refractivity contribution >= 4 is 18.7 Å². The quantitative estimate of drug-likeness (QED) is 0.812. The van der Waals surface area contributed by atoms with Gasteiger partial charge in [0.1, 0.15) is 12.4 Å². The highest BCUT2D eigenvalue weighted by Crippen LogP contribution is 2.11. The van der Waals surface area contributed by atoms with E-state index in [0.717, 1.165) is 11.1 Å². The summed E-state index contributed by atoms with van der Waals surface area (Å²) in [5, 5.41) is 18.3. The maximum Gasteiger partial charge on any atom is 0.488 e. The predicted molar refractivity (Wildman–Crippen MR) is 82.0 cm³/mol. The number of aryl methyl sites for hydroxylation is 1. The molecule has 2 rings (SSSR count). The first-order valence-electron chi connectivity index (χ1n) is 6.48. The lowest BCUT2D eigenvalue weighted by atomic mass is 9.77. The van der Waals surface area contributed by atoms with Crippen LogP contribution < -0.4 is 10.2 Å². The Morgan fingerprint density at radius 1 is 1.10 bits per heavy atom. The molecule has 0 saturated carbocycles. The van der Waals surface area contributed by atoms with Gasteiger partial charge in [0.2, 0.25) is 0 Å². The Morgan fingerprint density at radius 2 is 1.85 bits per heavy atom. The Hall–Kier alpha value is -2.04. The average molecular weight is 268 g/mol. The molecule has 102 valence electrons. The van der Waals surface area contributed by atoms with E-state index in [1.165, 1.54) is 0 Å². The monoisotopic (exact) mass is 268 g/mol. The second-order valence-electron chi connectivity index (χ2n) is 4.52. The first-order valence-corrected chi connectivity index (χ1v) is 6.48. The Kier molecular flexibility index (Phi) is 4.99. The molecule has 4 heteroatoms. The van der Waals surface area contributed by atoms with Gasteiger partial charge in [0.25, 0.3) is 0 Å². The van der Waals surface area contributed by atoms with Crippen LogP contribution in [-0.2, 0) is 0 Å². The number of rotatable bonds is 5. The van der Waals surface area contributed by atoms with Crippen LogP contribution in [0.2, 0.25) is 0 Å². The molecule has 0 bridgehead atoms. The standard InChI is InChI=1S/C16H17BO3/c1-13-12-15(9-10-16(13)17(18)19)20-11-5-8-14-6-3-2-4-7-14/h2-10,12,18-19H,11H2,1H3/b8-5+. The maximum atomic E-state index is 9.14. The number of ether oxygens (including phenoxy) is 1. The second-order valence-corrected chi connectivity index (χ2v) is 4.52. The lowest BCUT2D eigenvalue weighted by Crippen LogP contribution is -2.31. The summed E-state index contributed by atoms with van der Waals surface area (Å²) < 4.78 is 5.59. The van der Waals surface area contributed by atoms with E-state index in [1.54, 1.807) is 18.2 Å². The molecule has 0 spiro atoms. The van der Waals surface area contributed by atoms with Gasteiger partial charge in [-0.05, 0) is 41.7 Å². The molecule has 0 aliphatic carbocycles. The summed E-state index contributed by atoms with van der Waals surface area (Å²) in [6.45, 7) is 2.29. The Bertz CT molecular complexity index is 580. The van der Waals surface area contributed by atoms with Gasteiger partial charge in [-0.2, -0.15) is 0 Å². The molecule has 0 aliphatic heterocycles. The third-order valence-corrected chi connectivity index (χ3v) is 2.98. The molecule has 0 amide bonds. The minimum Gasteiger partial charge on any atom is -0.490 e. The molecule has 2 aromatic rings. The van der Waals surface area contributed by atoms with E-state index in [4.69, 9.17) is 14.8 Å².